The molecule has 0 spiro atoms. The lowest BCUT2D eigenvalue weighted by Crippen LogP contribution is -2.12. The fourth-order valence-corrected chi connectivity index (χ4v) is 3.84. The van der Waals surface area contributed by atoms with E-state index in [9.17, 15) is 9.59 Å². The zero-order valence-electron chi connectivity index (χ0n) is 15.6. The smallest absolute Gasteiger partial charge is 0.350 e. The zero-order valence-corrected chi connectivity index (χ0v) is 16.4. The molecule has 0 aliphatic heterocycles. The van der Waals surface area contributed by atoms with Crippen molar-refractivity contribution in [3.63, 3.8) is 0 Å². The van der Waals surface area contributed by atoms with Crippen LogP contribution in [0.4, 0.5) is 5.13 Å². The molecule has 0 fully saturated rings. The predicted molar refractivity (Wildman–Crippen MR) is 113 cm³/mol. The first-order valence-electron chi connectivity index (χ1n) is 9.06. The molecule has 0 bridgehead atoms. The molecule has 1 amide bonds. The number of benzene rings is 2. The van der Waals surface area contributed by atoms with Crippen LogP contribution in [0, 0.1) is 0 Å². The van der Waals surface area contributed by atoms with Crippen LogP contribution in [0.2, 0.25) is 0 Å². The zero-order chi connectivity index (χ0) is 20.2. The van der Waals surface area contributed by atoms with Gasteiger partial charge in [-0.25, -0.2) is 9.78 Å². The fraction of sp³-hybridized carbons (Fsp3) is 0.0909. The molecule has 0 atom stereocenters. The van der Waals surface area contributed by atoms with Crippen LogP contribution in [0.5, 0.6) is 0 Å². The van der Waals surface area contributed by atoms with Crippen LogP contribution in [0.15, 0.2) is 66.9 Å². The third kappa shape index (κ3) is 3.86. The highest BCUT2D eigenvalue weighted by molar-refractivity contribution is 7.18. The molecule has 2 aromatic carbocycles. The Bertz CT molecular complexity index is 1180. The van der Waals surface area contributed by atoms with Crippen LogP contribution < -0.4 is 5.32 Å². The minimum absolute atomic E-state index is 0.260. The van der Waals surface area contributed by atoms with E-state index in [1.807, 2.05) is 42.5 Å². The average molecular weight is 403 g/mol. The Balaban J connectivity index is 1.70. The molecule has 6 nitrogen and oxygen atoms in total. The lowest BCUT2D eigenvalue weighted by Gasteiger charge is -2.05. The van der Waals surface area contributed by atoms with Crippen LogP contribution in [-0.4, -0.2) is 28.5 Å². The number of fused-ring (bicyclic) bond motifs is 1. The number of amides is 1. The largest absolute Gasteiger partial charge is 0.462 e. The van der Waals surface area contributed by atoms with Gasteiger partial charge in [0.05, 0.1) is 17.8 Å². The van der Waals surface area contributed by atoms with E-state index in [2.05, 4.69) is 15.3 Å². The molecule has 2 heterocycles. The molecule has 0 radical (unpaired) electrons. The summed E-state index contributed by atoms with van der Waals surface area (Å²) in [4.78, 5) is 34.4. The number of rotatable bonds is 5. The SMILES string of the molecule is CCOC(=O)c1sc(NC(=O)c2cccc3ncccc23)nc1-c1ccccc1. The standard InChI is InChI=1S/C22H17N3O3S/c1-2-28-21(27)19-18(14-8-4-3-5-9-14)24-22(29-19)25-20(26)16-10-6-12-17-15(16)11-7-13-23-17/h3-13H,2H2,1H3,(H,24,25,26). The summed E-state index contributed by atoms with van der Waals surface area (Å²) < 4.78 is 5.16. The molecule has 4 rings (SSSR count). The van der Waals surface area contributed by atoms with Crippen molar-refractivity contribution in [2.24, 2.45) is 0 Å². The summed E-state index contributed by atoms with van der Waals surface area (Å²) >= 11 is 1.10. The van der Waals surface area contributed by atoms with E-state index in [0.717, 1.165) is 27.8 Å². The number of carbonyl (C=O) groups is 2. The van der Waals surface area contributed by atoms with Crippen molar-refractivity contribution in [1.29, 1.82) is 0 Å². The van der Waals surface area contributed by atoms with Crippen LogP contribution >= 0.6 is 11.3 Å². The summed E-state index contributed by atoms with van der Waals surface area (Å²) in [5, 5.41) is 3.89. The number of hydrogen-bond acceptors (Lipinski definition) is 6. The Hall–Kier alpha value is -3.58. The molecule has 144 valence electrons. The van der Waals surface area contributed by atoms with Crippen molar-refractivity contribution in [1.82, 2.24) is 9.97 Å². The van der Waals surface area contributed by atoms with Gasteiger partial charge >= 0.3 is 5.97 Å². The van der Waals surface area contributed by atoms with Gasteiger partial charge in [0.15, 0.2) is 5.13 Å². The van der Waals surface area contributed by atoms with Gasteiger partial charge in [-0.05, 0) is 25.1 Å². The van der Waals surface area contributed by atoms with Gasteiger partial charge < -0.3 is 4.74 Å². The van der Waals surface area contributed by atoms with Crippen molar-refractivity contribution in [2.45, 2.75) is 6.92 Å². The lowest BCUT2D eigenvalue weighted by molar-refractivity contribution is 0.0532. The number of anilines is 1. The molecule has 0 unspecified atom stereocenters. The molecule has 0 aliphatic carbocycles. The average Bonchev–Trinajstić information content (AvgIpc) is 3.18. The van der Waals surface area contributed by atoms with Crippen molar-refractivity contribution in [3.8, 4) is 11.3 Å². The van der Waals surface area contributed by atoms with Crippen LogP contribution in [0.1, 0.15) is 27.0 Å². The van der Waals surface area contributed by atoms with Gasteiger partial charge in [-0.3, -0.25) is 15.1 Å². The van der Waals surface area contributed by atoms with E-state index in [0.29, 0.717) is 21.3 Å². The van der Waals surface area contributed by atoms with E-state index in [-0.39, 0.29) is 12.5 Å². The first-order chi connectivity index (χ1) is 14.2. The van der Waals surface area contributed by atoms with E-state index in [1.165, 1.54) is 0 Å². The summed E-state index contributed by atoms with van der Waals surface area (Å²) in [7, 11) is 0. The number of nitrogens with zero attached hydrogens (tertiary/aromatic N) is 2. The normalized spacial score (nSPS) is 10.7. The summed E-state index contributed by atoms with van der Waals surface area (Å²) in [6.45, 7) is 2.01. The van der Waals surface area contributed by atoms with E-state index < -0.39 is 5.97 Å². The number of hydrogen-bond donors (Lipinski definition) is 1. The highest BCUT2D eigenvalue weighted by Crippen LogP contribution is 2.32. The molecule has 1 N–H and O–H groups in total. The molecule has 29 heavy (non-hydrogen) atoms. The maximum atomic E-state index is 12.9. The number of esters is 1. The number of carbonyl (C=O) groups excluding carboxylic acids is 2. The maximum absolute atomic E-state index is 12.9. The minimum atomic E-state index is -0.460. The number of ether oxygens (including phenoxy) is 1. The lowest BCUT2D eigenvalue weighted by atomic mass is 10.1. The second kappa shape index (κ2) is 8.20. The van der Waals surface area contributed by atoms with Crippen molar-refractivity contribution in [2.75, 3.05) is 11.9 Å². The molecular formula is C22H17N3O3S. The summed E-state index contributed by atoms with van der Waals surface area (Å²) in [6, 6.07) is 18.3. The quantitative estimate of drug-likeness (QED) is 0.485. The van der Waals surface area contributed by atoms with Gasteiger partial charge in [-0.15, -0.1) is 0 Å². The Labute approximate surface area is 171 Å². The number of aromatic nitrogens is 2. The third-order valence-corrected chi connectivity index (χ3v) is 5.20. The van der Waals surface area contributed by atoms with Crippen molar-refractivity contribution in [3.05, 3.63) is 77.3 Å². The van der Waals surface area contributed by atoms with Crippen molar-refractivity contribution >= 4 is 39.2 Å². The van der Waals surface area contributed by atoms with Crippen LogP contribution in [0.3, 0.4) is 0 Å². The molecule has 7 heteroatoms. The number of thiazole rings is 1. The molecular weight excluding hydrogens is 386 g/mol. The van der Waals surface area contributed by atoms with Gasteiger partial charge in [0.2, 0.25) is 0 Å². The first kappa shape index (κ1) is 18.8. The van der Waals surface area contributed by atoms with Gasteiger partial charge in [0, 0.05) is 22.7 Å². The summed E-state index contributed by atoms with van der Waals surface area (Å²) in [5.74, 6) is -0.772. The first-order valence-corrected chi connectivity index (χ1v) is 9.87. The van der Waals surface area contributed by atoms with Gasteiger partial charge in [0.25, 0.3) is 5.91 Å². The number of pyridine rings is 1. The molecule has 4 aromatic rings. The summed E-state index contributed by atoms with van der Waals surface area (Å²) in [5.41, 5.74) is 2.49. The topological polar surface area (TPSA) is 81.2 Å². The fourth-order valence-electron chi connectivity index (χ4n) is 2.97. The van der Waals surface area contributed by atoms with Gasteiger partial charge in [-0.1, -0.05) is 53.8 Å². The molecule has 0 saturated heterocycles. The maximum Gasteiger partial charge on any atom is 0.350 e. The monoisotopic (exact) mass is 403 g/mol. The van der Waals surface area contributed by atoms with Crippen LogP contribution in [-0.2, 0) is 4.74 Å². The van der Waals surface area contributed by atoms with E-state index in [4.69, 9.17) is 4.74 Å². The molecule has 2 aromatic heterocycles. The Morgan fingerprint density at radius 1 is 1.03 bits per heavy atom. The minimum Gasteiger partial charge on any atom is -0.462 e. The predicted octanol–water partition coefficient (Wildman–Crippen LogP) is 4.79. The van der Waals surface area contributed by atoms with Gasteiger partial charge in [-0.2, -0.15) is 0 Å². The highest BCUT2D eigenvalue weighted by atomic mass is 32.1. The van der Waals surface area contributed by atoms with E-state index >= 15 is 0 Å². The molecule has 0 aliphatic rings. The summed E-state index contributed by atoms with van der Waals surface area (Å²) in [6.07, 6.45) is 1.68. The van der Waals surface area contributed by atoms with Crippen LogP contribution in [0.25, 0.3) is 22.2 Å². The third-order valence-electron chi connectivity index (χ3n) is 4.25. The Morgan fingerprint density at radius 3 is 2.66 bits per heavy atom. The molecule has 0 saturated carbocycles. The Kier molecular flexibility index (Phi) is 5.31. The Morgan fingerprint density at radius 2 is 1.86 bits per heavy atom. The second-order valence-electron chi connectivity index (χ2n) is 6.11. The van der Waals surface area contributed by atoms with Gasteiger partial charge in [0.1, 0.15) is 4.88 Å². The second-order valence-corrected chi connectivity index (χ2v) is 7.11. The van der Waals surface area contributed by atoms with Crippen molar-refractivity contribution < 1.29 is 14.3 Å². The number of nitrogens with one attached hydrogen (secondary N) is 1. The van der Waals surface area contributed by atoms with E-state index in [1.54, 1.807) is 31.3 Å². The highest BCUT2D eigenvalue weighted by Gasteiger charge is 2.22.